The van der Waals surface area contributed by atoms with Gasteiger partial charge in [-0.2, -0.15) is 0 Å². The second kappa shape index (κ2) is 10.3. The van der Waals surface area contributed by atoms with Gasteiger partial charge in [-0.25, -0.2) is 4.79 Å². The number of esters is 1. The van der Waals surface area contributed by atoms with Crippen LogP contribution in [0.2, 0.25) is 0 Å². The summed E-state index contributed by atoms with van der Waals surface area (Å²) < 4.78 is 5.46. The number of rotatable bonds is 7. The molecule has 1 heterocycles. The number of anilines is 1. The number of hydrogen-bond donors (Lipinski definition) is 1. The van der Waals surface area contributed by atoms with Gasteiger partial charge >= 0.3 is 5.97 Å². The Balaban J connectivity index is 1.26. The van der Waals surface area contributed by atoms with Crippen molar-refractivity contribution in [1.82, 2.24) is 4.90 Å². The van der Waals surface area contributed by atoms with E-state index in [9.17, 15) is 19.2 Å². The average molecular weight is 551 g/mol. The van der Waals surface area contributed by atoms with Gasteiger partial charge in [0, 0.05) is 17.5 Å². The van der Waals surface area contributed by atoms with E-state index >= 15 is 0 Å². The monoisotopic (exact) mass is 550 g/mol. The van der Waals surface area contributed by atoms with E-state index in [1.807, 2.05) is 88.4 Å². The summed E-state index contributed by atoms with van der Waals surface area (Å²) >= 11 is 0. The Labute approximate surface area is 239 Å². The summed E-state index contributed by atoms with van der Waals surface area (Å²) in [7, 11) is 0. The van der Waals surface area contributed by atoms with Gasteiger partial charge in [-0.15, -0.1) is 0 Å². The highest BCUT2D eigenvalue weighted by molar-refractivity contribution is 6.10. The molecule has 3 aliphatic carbocycles. The molecule has 210 valence electrons. The summed E-state index contributed by atoms with van der Waals surface area (Å²) in [5.74, 6) is -3.53. The zero-order valence-electron chi connectivity index (χ0n) is 23.7. The molecule has 0 unspecified atom stereocenters. The number of imide groups is 1. The number of benzene rings is 3. The number of ether oxygens (including phenoxy) is 1. The molecule has 4 aliphatic rings. The Hall–Kier alpha value is -4.26. The molecule has 1 N–H and O–H groups in total. The summed E-state index contributed by atoms with van der Waals surface area (Å²) in [6.45, 7) is 7.21. The Bertz CT molecular complexity index is 1460. The summed E-state index contributed by atoms with van der Waals surface area (Å²) in [5.41, 5.74) is 6.91. The standard InChI is InChI=1S/C34H34N2O5/c1-18(2)15-26(34(40)41-17-27(37)35-25-14-13-19(3)16-20(25)4)36-32(38)30-28-21-9-5-6-10-22(21)29(31(30)33(36)39)24-12-8-7-11-23(24)28/h5-14,16,18,26,28-31H,15,17H2,1-4H3,(H,35,37)/t26-,28?,29?,30-,31-/m0/s1. The van der Waals surface area contributed by atoms with Gasteiger partial charge in [0.15, 0.2) is 6.61 Å². The van der Waals surface area contributed by atoms with Crippen molar-refractivity contribution in [2.45, 2.75) is 52.0 Å². The zero-order chi connectivity index (χ0) is 29.0. The fraction of sp³-hybridized carbons (Fsp3) is 0.353. The van der Waals surface area contributed by atoms with Crippen molar-refractivity contribution in [3.8, 4) is 0 Å². The van der Waals surface area contributed by atoms with Crippen molar-refractivity contribution in [2.24, 2.45) is 17.8 Å². The van der Waals surface area contributed by atoms with Crippen LogP contribution in [0.5, 0.6) is 0 Å². The molecular weight excluding hydrogens is 516 g/mol. The van der Waals surface area contributed by atoms with Crippen molar-refractivity contribution in [3.63, 3.8) is 0 Å². The number of hydrogen-bond acceptors (Lipinski definition) is 5. The highest BCUT2D eigenvalue weighted by Gasteiger charge is 2.63. The second-order valence-corrected chi connectivity index (χ2v) is 11.9. The Morgan fingerprint density at radius 3 is 1.80 bits per heavy atom. The number of nitrogens with zero attached hydrogens (tertiary/aromatic N) is 1. The van der Waals surface area contributed by atoms with E-state index in [1.54, 1.807) is 6.07 Å². The first-order valence-electron chi connectivity index (χ1n) is 14.3. The Morgan fingerprint density at radius 1 is 0.829 bits per heavy atom. The summed E-state index contributed by atoms with van der Waals surface area (Å²) in [5, 5.41) is 2.78. The van der Waals surface area contributed by atoms with Gasteiger partial charge < -0.3 is 10.1 Å². The molecule has 7 nitrogen and oxygen atoms in total. The lowest BCUT2D eigenvalue weighted by Gasteiger charge is -2.45. The van der Waals surface area contributed by atoms with Crippen molar-refractivity contribution in [2.75, 3.05) is 11.9 Å². The summed E-state index contributed by atoms with van der Waals surface area (Å²) in [6.07, 6.45) is 0.254. The first-order chi connectivity index (χ1) is 19.7. The van der Waals surface area contributed by atoms with E-state index in [0.29, 0.717) is 5.69 Å². The molecule has 3 aromatic rings. The van der Waals surface area contributed by atoms with Gasteiger partial charge in [0.25, 0.3) is 5.91 Å². The van der Waals surface area contributed by atoms with Gasteiger partial charge in [-0.1, -0.05) is 80.1 Å². The van der Waals surface area contributed by atoms with Gasteiger partial charge in [0.05, 0.1) is 11.8 Å². The number of amides is 3. The fourth-order valence-corrected chi connectivity index (χ4v) is 7.13. The second-order valence-electron chi connectivity index (χ2n) is 11.9. The van der Waals surface area contributed by atoms with E-state index in [4.69, 9.17) is 4.74 Å². The van der Waals surface area contributed by atoms with Crippen LogP contribution in [0.4, 0.5) is 5.69 Å². The van der Waals surface area contributed by atoms with Crippen molar-refractivity contribution in [1.29, 1.82) is 0 Å². The molecule has 2 bridgehead atoms. The normalized spacial score (nSPS) is 22.7. The first-order valence-corrected chi connectivity index (χ1v) is 14.3. The molecule has 7 rings (SSSR count). The molecule has 1 fully saturated rings. The van der Waals surface area contributed by atoms with Crippen molar-refractivity contribution < 1.29 is 23.9 Å². The number of carbonyl (C=O) groups excluding carboxylic acids is 4. The smallest absolute Gasteiger partial charge is 0.329 e. The largest absolute Gasteiger partial charge is 0.454 e. The molecule has 7 heteroatoms. The van der Waals surface area contributed by atoms with E-state index in [-0.39, 0.29) is 36.0 Å². The van der Waals surface area contributed by atoms with E-state index in [2.05, 4.69) is 5.32 Å². The van der Waals surface area contributed by atoms with Crippen LogP contribution < -0.4 is 5.32 Å². The highest BCUT2D eigenvalue weighted by Crippen LogP contribution is 2.61. The molecule has 0 radical (unpaired) electrons. The third-order valence-corrected chi connectivity index (χ3v) is 8.76. The Morgan fingerprint density at radius 2 is 1.34 bits per heavy atom. The van der Waals surface area contributed by atoms with Crippen molar-refractivity contribution in [3.05, 3.63) is 100 Å². The molecule has 0 aromatic heterocycles. The maximum absolute atomic E-state index is 14.1. The topological polar surface area (TPSA) is 92.8 Å². The quantitative estimate of drug-likeness (QED) is 0.327. The van der Waals surface area contributed by atoms with Crippen LogP contribution in [-0.4, -0.2) is 41.2 Å². The third-order valence-electron chi connectivity index (χ3n) is 8.76. The first kappa shape index (κ1) is 26.9. The molecule has 1 saturated heterocycles. The number of nitrogens with one attached hydrogen (secondary N) is 1. The van der Waals surface area contributed by atoms with Crippen LogP contribution in [0.15, 0.2) is 66.7 Å². The third kappa shape index (κ3) is 4.44. The molecule has 1 aliphatic heterocycles. The van der Waals surface area contributed by atoms with Crippen LogP contribution in [0, 0.1) is 31.6 Å². The lowest BCUT2D eigenvalue weighted by molar-refractivity contribution is -0.160. The zero-order valence-corrected chi connectivity index (χ0v) is 23.7. The van der Waals surface area contributed by atoms with E-state index in [0.717, 1.165) is 38.3 Å². The highest BCUT2D eigenvalue weighted by atomic mass is 16.5. The van der Waals surface area contributed by atoms with Crippen LogP contribution >= 0.6 is 0 Å². The predicted octanol–water partition coefficient (Wildman–Crippen LogP) is 5.09. The summed E-state index contributed by atoms with van der Waals surface area (Å²) in [4.78, 5) is 55.6. The minimum atomic E-state index is -1.10. The minimum absolute atomic E-state index is 0.00549. The summed E-state index contributed by atoms with van der Waals surface area (Å²) in [6, 6.07) is 20.6. The fourth-order valence-electron chi connectivity index (χ4n) is 7.13. The van der Waals surface area contributed by atoms with Crippen LogP contribution in [0.25, 0.3) is 0 Å². The average Bonchev–Trinajstić information content (AvgIpc) is 3.22. The van der Waals surface area contributed by atoms with Gasteiger partial charge in [-0.05, 0) is 60.1 Å². The maximum Gasteiger partial charge on any atom is 0.329 e. The predicted molar refractivity (Wildman–Crippen MR) is 154 cm³/mol. The molecule has 3 amide bonds. The van der Waals surface area contributed by atoms with Crippen molar-refractivity contribution >= 4 is 29.4 Å². The molecule has 41 heavy (non-hydrogen) atoms. The molecular formula is C34H34N2O5. The number of carbonyl (C=O) groups is 4. The molecule has 0 saturated carbocycles. The maximum atomic E-state index is 14.1. The lowest BCUT2D eigenvalue weighted by atomic mass is 9.55. The minimum Gasteiger partial charge on any atom is -0.454 e. The lowest BCUT2D eigenvalue weighted by Crippen LogP contribution is -2.47. The molecule has 3 atom stereocenters. The number of aryl methyl sites for hydroxylation is 2. The SMILES string of the molecule is Cc1ccc(NC(=O)COC(=O)[C@H](CC(C)C)N2C(=O)[C@H]3C4c5ccccc5C(c5ccccc54)[C@@H]3C2=O)c(C)c1. The van der Waals surface area contributed by atoms with Crippen LogP contribution in [-0.2, 0) is 23.9 Å². The van der Waals surface area contributed by atoms with Gasteiger partial charge in [0.2, 0.25) is 11.8 Å². The molecule has 3 aromatic carbocycles. The van der Waals surface area contributed by atoms with Crippen LogP contribution in [0.1, 0.15) is 65.5 Å². The van der Waals surface area contributed by atoms with Gasteiger partial charge in [0.1, 0.15) is 6.04 Å². The Kier molecular flexibility index (Phi) is 6.76. The van der Waals surface area contributed by atoms with Crippen LogP contribution in [0.3, 0.4) is 0 Å². The van der Waals surface area contributed by atoms with E-state index in [1.165, 1.54) is 0 Å². The molecule has 0 spiro atoms. The number of likely N-dealkylation sites (tertiary alicyclic amines) is 1. The van der Waals surface area contributed by atoms with Gasteiger partial charge in [-0.3, -0.25) is 19.3 Å². The van der Waals surface area contributed by atoms with E-state index < -0.39 is 36.4 Å².